The van der Waals surface area contributed by atoms with E-state index in [9.17, 15) is 0 Å². The Morgan fingerprint density at radius 2 is 1.62 bits per heavy atom. The van der Waals surface area contributed by atoms with Crippen LogP contribution in [0.25, 0.3) is 0 Å². The minimum absolute atomic E-state index is 0. The molecule has 0 amide bonds. The molecule has 29 heavy (non-hydrogen) atoms. The highest BCUT2D eigenvalue weighted by Crippen LogP contribution is 2.38. The molecule has 1 saturated carbocycles. The monoisotopic (exact) mass is 446 g/mol. The van der Waals surface area contributed by atoms with Gasteiger partial charge in [-0.2, -0.15) is 0 Å². The summed E-state index contributed by atoms with van der Waals surface area (Å²) >= 11 is 0. The number of ether oxygens (including phenoxy) is 3. The van der Waals surface area contributed by atoms with E-state index in [1.165, 1.54) is 37.9 Å². The van der Waals surface area contributed by atoms with Gasteiger partial charge in [-0.3, -0.25) is 9.80 Å². The molecule has 2 aliphatic heterocycles. The molecular formula is C22H36Cl2N2O3. The Labute approximate surface area is 187 Å². The van der Waals surface area contributed by atoms with Crippen LogP contribution < -0.4 is 4.74 Å². The van der Waals surface area contributed by atoms with Crippen LogP contribution in [0.5, 0.6) is 5.75 Å². The van der Waals surface area contributed by atoms with Crippen molar-refractivity contribution in [3.63, 3.8) is 0 Å². The molecule has 0 radical (unpaired) electrons. The summed E-state index contributed by atoms with van der Waals surface area (Å²) in [6.07, 6.45) is 4.19. The summed E-state index contributed by atoms with van der Waals surface area (Å²) in [5.41, 5.74) is 1.39. The molecule has 166 valence electrons. The van der Waals surface area contributed by atoms with Gasteiger partial charge in [-0.05, 0) is 42.4 Å². The average molecular weight is 447 g/mol. The van der Waals surface area contributed by atoms with Crippen molar-refractivity contribution in [2.45, 2.75) is 31.8 Å². The van der Waals surface area contributed by atoms with Gasteiger partial charge in [-0.15, -0.1) is 24.8 Å². The third-order valence-electron chi connectivity index (χ3n) is 6.45. The van der Waals surface area contributed by atoms with Crippen LogP contribution in [0, 0.1) is 11.8 Å². The molecule has 4 rings (SSSR count). The van der Waals surface area contributed by atoms with Crippen LogP contribution in [0.4, 0.5) is 0 Å². The molecule has 3 fully saturated rings. The van der Waals surface area contributed by atoms with Crippen molar-refractivity contribution >= 4 is 24.8 Å². The fourth-order valence-electron chi connectivity index (χ4n) is 5.30. The van der Waals surface area contributed by atoms with Crippen LogP contribution in [0.2, 0.25) is 0 Å². The summed E-state index contributed by atoms with van der Waals surface area (Å²) in [6.45, 7) is 8.86. The number of likely N-dealkylation sites (tertiary alicyclic amines) is 1. The van der Waals surface area contributed by atoms with Gasteiger partial charge < -0.3 is 14.2 Å². The van der Waals surface area contributed by atoms with Crippen LogP contribution in [0.3, 0.4) is 0 Å². The molecule has 2 unspecified atom stereocenters. The van der Waals surface area contributed by atoms with Crippen molar-refractivity contribution in [1.29, 1.82) is 0 Å². The fourth-order valence-corrected chi connectivity index (χ4v) is 5.30. The lowest BCUT2D eigenvalue weighted by Crippen LogP contribution is -2.59. The van der Waals surface area contributed by atoms with E-state index in [-0.39, 0.29) is 24.8 Å². The predicted octanol–water partition coefficient (Wildman–Crippen LogP) is 3.49. The van der Waals surface area contributed by atoms with E-state index in [4.69, 9.17) is 14.2 Å². The van der Waals surface area contributed by atoms with Crippen LogP contribution in [0.15, 0.2) is 24.3 Å². The van der Waals surface area contributed by atoms with Crippen molar-refractivity contribution in [3.05, 3.63) is 29.8 Å². The van der Waals surface area contributed by atoms with Crippen molar-refractivity contribution in [3.8, 4) is 5.75 Å². The lowest BCUT2D eigenvalue weighted by atomic mass is 9.72. The molecule has 0 spiro atoms. The Bertz CT molecular complexity index is 570. The highest BCUT2D eigenvalue weighted by atomic mass is 35.5. The van der Waals surface area contributed by atoms with E-state index in [1.807, 2.05) is 0 Å². The molecule has 2 atom stereocenters. The minimum atomic E-state index is 0. The molecule has 7 heteroatoms. The molecule has 5 nitrogen and oxygen atoms in total. The second-order valence-electron chi connectivity index (χ2n) is 8.27. The molecular weight excluding hydrogens is 411 g/mol. The first-order valence-corrected chi connectivity index (χ1v) is 10.6. The highest BCUT2D eigenvalue weighted by Gasteiger charge is 2.42. The van der Waals surface area contributed by atoms with Gasteiger partial charge in [0.1, 0.15) is 12.4 Å². The van der Waals surface area contributed by atoms with Gasteiger partial charge in [0, 0.05) is 45.9 Å². The number of rotatable bonds is 7. The second-order valence-corrected chi connectivity index (χ2v) is 8.27. The molecule has 1 aromatic rings. The number of nitrogens with zero attached hydrogens (tertiary/aromatic N) is 2. The van der Waals surface area contributed by atoms with Crippen molar-refractivity contribution in [2.24, 2.45) is 11.8 Å². The van der Waals surface area contributed by atoms with Crippen molar-refractivity contribution in [2.75, 3.05) is 59.7 Å². The standard InChI is InChI=1S/C22H34N2O3.2ClH/c1-25-13-14-27-21-7-5-18(6-8-21)15-23-16-19-3-2-4-20(17-23)22(19)24-9-11-26-12-10-24;;/h5-8,19-20,22H,2-4,9-17H2,1H3;2*1H. The molecule has 0 aromatic heterocycles. The van der Waals surface area contributed by atoms with E-state index in [2.05, 4.69) is 34.1 Å². The third kappa shape index (κ3) is 6.46. The molecule has 2 saturated heterocycles. The van der Waals surface area contributed by atoms with E-state index in [1.54, 1.807) is 7.11 Å². The number of piperidine rings is 1. The topological polar surface area (TPSA) is 34.2 Å². The summed E-state index contributed by atoms with van der Waals surface area (Å²) in [7, 11) is 1.70. The number of hydrogen-bond acceptors (Lipinski definition) is 5. The zero-order valence-electron chi connectivity index (χ0n) is 17.5. The van der Waals surface area contributed by atoms with Crippen LogP contribution in [-0.4, -0.2) is 75.6 Å². The molecule has 1 aliphatic carbocycles. The second kappa shape index (κ2) is 12.3. The van der Waals surface area contributed by atoms with Gasteiger partial charge in [-0.25, -0.2) is 0 Å². The van der Waals surface area contributed by atoms with E-state index in [0.717, 1.165) is 56.5 Å². The highest BCUT2D eigenvalue weighted by molar-refractivity contribution is 5.85. The van der Waals surface area contributed by atoms with Gasteiger partial charge in [0.2, 0.25) is 0 Å². The number of hydrogen-bond donors (Lipinski definition) is 0. The van der Waals surface area contributed by atoms with Crippen LogP contribution in [-0.2, 0) is 16.0 Å². The van der Waals surface area contributed by atoms with Gasteiger partial charge in [0.25, 0.3) is 0 Å². The van der Waals surface area contributed by atoms with Gasteiger partial charge in [0.15, 0.2) is 0 Å². The Morgan fingerprint density at radius 1 is 0.966 bits per heavy atom. The lowest BCUT2D eigenvalue weighted by Gasteiger charge is -2.52. The van der Waals surface area contributed by atoms with E-state index in [0.29, 0.717) is 13.2 Å². The summed E-state index contributed by atoms with van der Waals surface area (Å²) in [5, 5.41) is 0. The van der Waals surface area contributed by atoms with Crippen molar-refractivity contribution < 1.29 is 14.2 Å². The SMILES string of the molecule is COCCOc1ccc(CN2CC3CCCC(C2)C3N2CCOCC2)cc1.Cl.Cl. The summed E-state index contributed by atoms with van der Waals surface area (Å²) in [6, 6.07) is 9.40. The van der Waals surface area contributed by atoms with Crippen LogP contribution >= 0.6 is 24.8 Å². The molecule has 2 heterocycles. The maximum absolute atomic E-state index is 5.68. The molecule has 1 aromatic carbocycles. The zero-order valence-corrected chi connectivity index (χ0v) is 19.1. The third-order valence-corrected chi connectivity index (χ3v) is 6.45. The largest absolute Gasteiger partial charge is 0.491 e. The number of benzene rings is 1. The normalized spacial score (nSPS) is 27.6. The van der Waals surface area contributed by atoms with Gasteiger partial charge in [0.05, 0.1) is 19.8 Å². The summed E-state index contributed by atoms with van der Waals surface area (Å²) in [4.78, 5) is 5.42. The first kappa shape index (κ1) is 24.7. The Morgan fingerprint density at radius 3 is 2.24 bits per heavy atom. The van der Waals surface area contributed by atoms with E-state index >= 15 is 0 Å². The Hall–Kier alpha value is -0.560. The van der Waals surface area contributed by atoms with Crippen LogP contribution in [0.1, 0.15) is 24.8 Å². The number of halogens is 2. The lowest BCUT2D eigenvalue weighted by molar-refractivity contribution is -0.0623. The maximum Gasteiger partial charge on any atom is 0.119 e. The van der Waals surface area contributed by atoms with E-state index < -0.39 is 0 Å². The average Bonchev–Trinajstić information content (AvgIpc) is 2.69. The number of fused-ring (bicyclic) bond motifs is 2. The summed E-state index contributed by atoms with van der Waals surface area (Å²) in [5.74, 6) is 2.58. The predicted molar refractivity (Wildman–Crippen MR) is 121 cm³/mol. The molecule has 0 N–H and O–H groups in total. The first-order valence-electron chi connectivity index (χ1n) is 10.6. The fraction of sp³-hybridized carbons (Fsp3) is 0.727. The zero-order chi connectivity index (χ0) is 18.5. The first-order chi connectivity index (χ1) is 13.3. The van der Waals surface area contributed by atoms with Gasteiger partial charge in [-0.1, -0.05) is 18.6 Å². The molecule has 2 bridgehead atoms. The maximum atomic E-state index is 5.68. The quantitative estimate of drug-likeness (QED) is 0.598. The number of morpholine rings is 1. The van der Waals surface area contributed by atoms with Crippen molar-refractivity contribution in [1.82, 2.24) is 9.80 Å². The van der Waals surface area contributed by atoms with Gasteiger partial charge >= 0.3 is 0 Å². The minimum Gasteiger partial charge on any atom is -0.491 e. The molecule has 3 aliphatic rings. The summed E-state index contributed by atoms with van der Waals surface area (Å²) < 4.78 is 16.3. The Kier molecular flexibility index (Phi) is 10.5. The Balaban J connectivity index is 0.00000150. The smallest absolute Gasteiger partial charge is 0.119 e. The number of methoxy groups -OCH3 is 1.